The van der Waals surface area contributed by atoms with Crippen molar-refractivity contribution in [2.24, 2.45) is 29.6 Å². The first-order valence-corrected chi connectivity index (χ1v) is 6.91. The minimum absolute atomic E-state index is 0.356. The van der Waals surface area contributed by atoms with E-state index in [-0.39, 0.29) is 0 Å². The molecule has 0 aromatic heterocycles. The summed E-state index contributed by atoms with van der Waals surface area (Å²) >= 11 is 0. The van der Waals surface area contributed by atoms with Crippen LogP contribution in [-0.2, 0) is 0 Å². The second-order valence-electron chi connectivity index (χ2n) is 6.17. The summed E-state index contributed by atoms with van der Waals surface area (Å²) in [5.41, 5.74) is 1.57. The predicted molar refractivity (Wildman–Crippen MR) is 68.1 cm³/mol. The summed E-state index contributed by atoms with van der Waals surface area (Å²) in [4.78, 5) is 0. The number of allylic oxidation sites excluding steroid dienone is 2. The molecule has 92 valence electrons. The normalized spacial score (nSPS) is 41.1. The smallest absolute Gasteiger partial charge is 0.0459 e. The van der Waals surface area contributed by atoms with Gasteiger partial charge < -0.3 is 5.11 Å². The fraction of sp³-hybridized carbons (Fsp3) is 0.867. The van der Waals surface area contributed by atoms with Gasteiger partial charge in [-0.1, -0.05) is 31.9 Å². The molecule has 0 saturated heterocycles. The van der Waals surface area contributed by atoms with E-state index < -0.39 is 0 Å². The molecule has 0 aliphatic heterocycles. The van der Waals surface area contributed by atoms with E-state index in [1.165, 1.54) is 25.7 Å². The summed E-state index contributed by atoms with van der Waals surface area (Å²) in [5.74, 6) is 3.72. The van der Waals surface area contributed by atoms with Crippen molar-refractivity contribution in [1.82, 2.24) is 0 Å². The van der Waals surface area contributed by atoms with Gasteiger partial charge in [-0.2, -0.15) is 0 Å². The molecule has 0 bridgehead atoms. The van der Waals surface area contributed by atoms with Crippen molar-refractivity contribution in [1.29, 1.82) is 0 Å². The first-order chi connectivity index (χ1) is 7.63. The van der Waals surface area contributed by atoms with Crippen LogP contribution < -0.4 is 0 Å². The molecular weight excluding hydrogens is 196 g/mol. The number of aliphatic hydroxyl groups excluding tert-OH is 1. The van der Waals surface area contributed by atoms with Gasteiger partial charge in [-0.05, 0) is 55.8 Å². The number of hydrogen-bond donors (Lipinski definition) is 1. The Kier molecular flexibility index (Phi) is 3.73. The molecule has 0 heterocycles. The van der Waals surface area contributed by atoms with Crippen molar-refractivity contribution in [2.45, 2.75) is 46.5 Å². The maximum atomic E-state index is 9.39. The summed E-state index contributed by atoms with van der Waals surface area (Å²) in [5, 5.41) is 9.39. The molecule has 1 saturated carbocycles. The van der Waals surface area contributed by atoms with Crippen molar-refractivity contribution < 1.29 is 5.11 Å². The third-order valence-electron chi connectivity index (χ3n) is 5.04. The highest BCUT2D eigenvalue weighted by atomic mass is 16.3. The van der Waals surface area contributed by atoms with Gasteiger partial charge in [0.1, 0.15) is 0 Å². The fourth-order valence-electron chi connectivity index (χ4n) is 3.89. The fourth-order valence-corrected chi connectivity index (χ4v) is 3.89. The van der Waals surface area contributed by atoms with Crippen molar-refractivity contribution in [3.05, 3.63) is 11.6 Å². The van der Waals surface area contributed by atoms with Gasteiger partial charge in [0.25, 0.3) is 0 Å². The molecule has 0 spiro atoms. The SMILES string of the molecule is CC1=C[C@H]2[C@@H](CC1)[C@H](C)CC[C@H]2[C@@H](C)CO. The zero-order valence-electron chi connectivity index (χ0n) is 10.9. The Hall–Kier alpha value is -0.300. The highest BCUT2D eigenvalue weighted by Gasteiger charge is 2.39. The lowest BCUT2D eigenvalue weighted by Crippen LogP contribution is -2.38. The molecule has 0 amide bonds. The van der Waals surface area contributed by atoms with Crippen LogP contribution in [0.4, 0.5) is 0 Å². The van der Waals surface area contributed by atoms with Gasteiger partial charge >= 0.3 is 0 Å². The number of rotatable bonds is 2. The molecule has 0 unspecified atom stereocenters. The lowest BCUT2D eigenvalue weighted by Gasteiger charge is -2.45. The van der Waals surface area contributed by atoms with Gasteiger partial charge in [-0.3, -0.25) is 0 Å². The van der Waals surface area contributed by atoms with Gasteiger partial charge in [-0.25, -0.2) is 0 Å². The number of fused-ring (bicyclic) bond motifs is 1. The summed E-state index contributed by atoms with van der Waals surface area (Å²) in [6.07, 6.45) is 7.88. The van der Waals surface area contributed by atoms with Crippen LogP contribution in [0.25, 0.3) is 0 Å². The second kappa shape index (κ2) is 4.91. The number of aliphatic hydroxyl groups is 1. The van der Waals surface area contributed by atoms with E-state index in [2.05, 4.69) is 26.8 Å². The van der Waals surface area contributed by atoms with E-state index in [9.17, 15) is 5.11 Å². The van der Waals surface area contributed by atoms with Gasteiger partial charge in [0.05, 0.1) is 0 Å². The van der Waals surface area contributed by atoms with Crippen LogP contribution in [0.15, 0.2) is 11.6 Å². The zero-order valence-corrected chi connectivity index (χ0v) is 10.9. The molecule has 2 aliphatic carbocycles. The largest absolute Gasteiger partial charge is 0.396 e. The average molecular weight is 222 g/mol. The summed E-state index contributed by atoms with van der Waals surface area (Å²) in [7, 11) is 0. The van der Waals surface area contributed by atoms with E-state index in [4.69, 9.17) is 0 Å². The van der Waals surface area contributed by atoms with Crippen LogP contribution in [0.2, 0.25) is 0 Å². The minimum atomic E-state index is 0.356. The Morgan fingerprint density at radius 2 is 2.12 bits per heavy atom. The maximum absolute atomic E-state index is 9.39. The molecule has 5 atom stereocenters. The summed E-state index contributed by atoms with van der Waals surface area (Å²) in [6, 6.07) is 0. The van der Waals surface area contributed by atoms with E-state index in [0.29, 0.717) is 12.5 Å². The van der Waals surface area contributed by atoms with Crippen LogP contribution in [0.1, 0.15) is 46.5 Å². The quantitative estimate of drug-likeness (QED) is 0.707. The highest BCUT2D eigenvalue weighted by molar-refractivity contribution is 5.11. The van der Waals surface area contributed by atoms with Crippen molar-refractivity contribution >= 4 is 0 Å². The highest BCUT2D eigenvalue weighted by Crippen LogP contribution is 2.47. The van der Waals surface area contributed by atoms with Crippen LogP contribution in [0.5, 0.6) is 0 Å². The third kappa shape index (κ3) is 2.20. The number of hydrogen-bond acceptors (Lipinski definition) is 1. The Morgan fingerprint density at radius 1 is 1.38 bits per heavy atom. The first-order valence-electron chi connectivity index (χ1n) is 6.91. The Bertz CT molecular complexity index is 269. The van der Waals surface area contributed by atoms with Crippen molar-refractivity contribution in [3.63, 3.8) is 0 Å². The molecule has 1 heteroatoms. The van der Waals surface area contributed by atoms with Crippen LogP contribution >= 0.6 is 0 Å². The van der Waals surface area contributed by atoms with E-state index >= 15 is 0 Å². The first kappa shape index (κ1) is 12.2. The van der Waals surface area contributed by atoms with E-state index in [1.807, 2.05) is 0 Å². The van der Waals surface area contributed by atoms with Crippen LogP contribution in [-0.4, -0.2) is 11.7 Å². The minimum Gasteiger partial charge on any atom is -0.396 e. The van der Waals surface area contributed by atoms with Gasteiger partial charge in [0.2, 0.25) is 0 Å². The molecule has 2 rings (SSSR count). The molecule has 0 aromatic carbocycles. The molecule has 0 radical (unpaired) electrons. The van der Waals surface area contributed by atoms with Crippen LogP contribution in [0, 0.1) is 29.6 Å². The topological polar surface area (TPSA) is 20.2 Å². The Balaban J connectivity index is 2.18. The third-order valence-corrected chi connectivity index (χ3v) is 5.04. The van der Waals surface area contributed by atoms with Gasteiger partial charge in [0, 0.05) is 6.61 Å². The average Bonchev–Trinajstić information content (AvgIpc) is 2.28. The molecule has 1 nitrogen and oxygen atoms in total. The maximum Gasteiger partial charge on any atom is 0.0459 e. The standard InChI is InChI=1S/C15H26O/c1-10-4-6-13-11(2)5-7-14(12(3)9-16)15(13)8-10/h8,11-16H,4-7,9H2,1-3H3/t11-,12+,13+,14+,15+/m1/s1. The van der Waals surface area contributed by atoms with Crippen molar-refractivity contribution in [2.75, 3.05) is 6.61 Å². The van der Waals surface area contributed by atoms with Crippen LogP contribution in [0.3, 0.4) is 0 Å². The van der Waals surface area contributed by atoms with E-state index in [0.717, 1.165) is 23.7 Å². The monoisotopic (exact) mass is 222 g/mol. The Morgan fingerprint density at radius 3 is 2.81 bits per heavy atom. The lowest BCUT2D eigenvalue weighted by atomic mass is 9.60. The molecule has 0 aromatic rings. The summed E-state index contributed by atoms with van der Waals surface area (Å²) in [6.45, 7) is 7.27. The van der Waals surface area contributed by atoms with Gasteiger partial charge in [0.15, 0.2) is 0 Å². The second-order valence-corrected chi connectivity index (χ2v) is 6.17. The Labute approximate surface area is 99.9 Å². The lowest BCUT2D eigenvalue weighted by molar-refractivity contribution is 0.0590. The van der Waals surface area contributed by atoms with Gasteiger partial charge in [-0.15, -0.1) is 0 Å². The zero-order chi connectivity index (χ0) is 11.7. The molecule has 2 aliphatic rings. The van der Waals surface area contributed by atoms with E-state index in [1.54, 1.807) is 5.57 Å². The molecule has 1 N–H and O–H groups in total. The van der Waals surface area contributed by atoms with Crippen molar-refractivity contribution in [3.8, 4) is 0 Å². The summed E-state index contributed by atoms with van der Waals surface area (Å²) < 4.78 is 0. The molecular formula is C15H26O. The predicted octanol–water partition coefficient (Wildman–Crippen LogP) is 3.63. The molecule has 1 fully saturated rings. The molecule has 16 heavy (non-hydrogen) atoms.